The second kappa shape index (κ2) is 4.63. The number of hydrogen-bond donors (Lipinski definition) is 1. The van der Waals surface area contributed by atoms with E-state index in [-0.39, 0.29) is 5.91 Å². The SMILES string of the molecule is O=C1Cc2cccc(Oc3ccc4ccccc4c3)c2N1. The molecule has 0 saturated heterocycles. The van der Waals surface area contributed by atoms with Crippen LogP contribution < -0.4 is 10.1 Å². The van der Waals surface area contributed by atoms with Crippen molar-refractivity contribution in [3.8, 4) is 11.5 Å². The highest BCUT2D eigenvalue weighted by Gasteiger charge is 2.21. The molecule has 3 aromatic carbocycles. The van der Waals surface area contributed by atoms with Crippen molar-refractivity contribution in [3.05, 3.63) is 66.2 Å². The Kier molecular flexibility index (Phi) is 2.64. The Labute approximate surface area is 122 Å². The van der Waals surface area contributed by atoms with E-state index in [1.807, 2.05) is 48.5 Å². The van der Waals surface area contributed by atoms with Crippen LogP contribution in [-0.2, 0) is 11.2 Å². The Hall–Kier alpha value is -2.81. The molecule has 0 spiro atoms. The molecule has 3 nitrogen and oxygen atoms in total. The molecular formula is C18H13NO2. The highest BCUT2D eigenvalue weighted by atomic mass is 16.5. The van der Waals surface area contributed by atoms with E-state index < -0.39 is 0 Å². The lowest BCUT2D eigenvalue weighted by atomic mass is 10.1. The van der Waals surface area contributed by atoms with Crippen molar-refractivity contribution in [1.82, 2.24) is 0 Å². The van der Waals surface area contributed by atoms with Crippen LogP contribution in [-0.4, -0.2) is 5.91 Å². The van der Waals surface area contributed by atoms with Gasteiger partial charge in [-0.05, 0) is 34.5 Å². The first-order valence-electron chi connectivity index (χ1n) is 6.88. The molecule has 1 heterocycles. The van der Waals surface area contributed by atoms with Gasteiger partial charge in [-0.15, -0.1) is 0 Å². The van der Waals surface area contributed by atoms with Gasteiger partial charge in [0.15, 0.2) is 5.75 Å². The molecule has 1 aliphatic rings. The number of amides is 1. The van der Waals surface area contributed by atoms with Crippen molar-refractivity contribution < 1.29 is 9.53 Å². The zero-order valence-electron chi connectivity index (χ0n) is 11.3. The Bertz CT molecular complexity index is 855. The molecule has 0 saturated carbocycles. The third-order valence-corrected chi connectivity index (χ3v) is 3.68. The predicted molar refractivity (Wildman–Crippen MR) is 82.8 cm³/mol. The molecule has 1 N–H and O–H groups in total. The Morgan fingerprint density at radius 2 is 1.76 bits per heavy atom. The second-order valence-corrected chi connectivity index (χ2v) is 5.13. The summed E-state index contributed by atoms with van der Waals surface area (Å²) < 4.78 is 5.96. The van der Waals surface area contributed by atoms with Crippen LogP contribution in [0.15, 0.2) is 60.7 Å². The summed E-state index contributed by atoms with van der Waals surface area (Å²) in [4.78, 5) is 11.5. The van der Waals surface area contributed by atoms with Gasteiger partial charge in [0.1, 0.15) is 5.75 Å². The van der Waals surface area contributed by atoms with Gasteiger partial charge < -0.3 is 10.1 Å². The van der Waals surface area contributed by atoms with Gasteiger partial charge in [-0.1, -0.05) is 42.5 Å². The summed E-state index contributed by atoms with van der Waals surface area (Å²) in [5.74, 6) is 1.47. The molecule has 0 atom stereocenters. The number of fused-ring (bicyclic) bond motifs is 2. The summed E-state index contributed by atoms with van der Waals surface area (Å²) in [6, 6.07) is 19.9. The summed E-state index contributed by atoms with van der Waals surface area (Å²) in [7, 11) is 0. The van der Waals surface area contributed by atoms with Crippen molar-refractivity contribution in [2.45, 2.75) is 6.42 Å². The number of para-hydroxylation sites is 1. The van der Waals surface area contributed by atoms with Crippen LogP contribution >= 0.6 is 0 Å². The van der Waals surface area contributed by atoms with Crippen molar-refractivity contribution in [1.29, 1.82) is 0 Å². The van der Waals surface area contributed by atoms with E-state index in [9.17, 15) is 4.79 Å². The molecule has 102 valence electrons. The first-order valence-corrected chi connectivity index (χ1v) is 6.88. The lowest BCUT2D eigenvalue weighted by Gasteiger charge is -2.10. The summed E-state index contributed by atoms with van der Waals surface area (Å²) in [5.41, 5.74) is 1.77. The first-order chi connectivity index (χ1) is 10.3. The van der Waals surface area contributed by atoms with Crippen LogP contribution in [0.25, 0.3) is 10.8 Å². The van der Waals surface area contributed by atoms with Crippen LogP contribution in [0.5, 0.6) is 11.5 Å². The van der Waals surface area contributed by atoms with Gasteiger partial charge in [0, 0.05) is 0 Å². The Balaban J connectivity index is 1.72. The lowest BCUT2D eigenvalue weighted by molar-refractivity contribution is -0.115. The smallest absolute Gasteiger partial charge is 0.228 e. The van der Waals surface area contributed by atoms with Crippen LogP contribution in [0, 0.1) is 0 Å². The number of nitrogens with one attached hydrogen (secondary N) is 1. The van der Waals surface area contributed by atoms with Gasteiger partial charge in [-0.2, -0.15) is 0 Å². The van der Waals surface area contributed by atoms with E-state index >= 15 is 0 Å². The largest absolute Gasteiger partial charge is 0.455 e. The number of carbonyl (C=O) groups is 1. The molecule has 1 aliphatic heterocycles. The number of benzene rings is 3. The van der Waals surface area contributed by atoms with Gasteiger partial charge >= 0.3 is 0 Å². The van der Waals surface area contributed by atoms with E-state index in [0.29, 0.717) is 12.2 Å². The van der Waals surface area contributed by atoms with E-state index in [1.54, 1.807) is 0 Å². The maximum Gasteiger partial charge on any atom is 0.228 e. The summed E-state index contributed by atoms with van der Waals surface area (Å²) in [6.07, 6.45) is 0.421. The normalized spacial score (nSPS) is 13.0. The highest BCUT2D eigenvalue weighted by molar-refractivity contribution is 6.01. The molecular weight excluding hydrogens is 262 g/mol. The minimum atomic E-state index is 0.0135. The van der Waals surface area contributed by atoms with Crippen LogP contribution in [0.2, 0.25) is 0 Å². The van der Waals surface area contributed by atoms with Crippen LogP contribution in [0.3, 0.4) is 0 Å². The molecule has 0 fully saturated rings. The minimum absolute atomic E-state index is 0.0135. The zero-order chi connectivity index (χ0) is 14.2. The second-order valence-electron chi connectivity index (χ2n) is 5.13. The monoisotopic (exact) mass is 275 g/mol. The average Bonchev–Trinajstić information content (AvgIpc) is 2.89. The number of hydrogen-bond acceptors (Lipinski definition) is 2. The fourth-order valence-electron chi connectivity index (χ4n) is 2.67. The van der Waals surface area contributed by atoms with Gasteiger partial charge in [0.05, 0.1) is 12.1 Å². The van der Waals surface area contributed by atoms with Gasteiger partial charge in [-0.3, -0.25) is 4.79 Å². The van der Waals surface area contributed by atoms with Crippen molar-refractivity contribution in [2.75, 3.05) is 5.32 Å². The van der Waals surface area contributed by atoms with Crippen molar-refractivity contribution in [2.24, 2.45) is 0 Å². The maximum absolute atomic E-state index is 11.5. The molecule has 0 radical (unpaired) electrons. The number of rotatable bonds is 2. The fourth-order valence-corrected chi connectivity index (χ4v) is 2.67. The first kappa shape index (κ1) is 12.0. The molecule has 3 aromatic rings. The Morgan fingerprint density at radius 1 is 0.905 bits per heavy atom. The van der Waals surface area contributed by atoms with E-state index in [4.69, 9.17) is 4.74 Å². The molecule has 0 aliphatic carbocycles. The molecule has 4 rings (SSSR count). The molecule has 0 bridgehead atoms. The van der Waals surface area contributed by atoms with E-state index in [2.05, 4.69) is 17.4 Å². The fraction of sp³-hybridized carbons (Fsp3) is 0.0556. The van der Waals surface area contributed by atoms with E-state index in [1.165, 1.54) is 5.39 Å². The van der Waals surface area contributed by atoms with Gasteiger partial charge in [0.2, 0.25) is 5.91 Å². The third-order valence-electron chi connectivity index (χ3n) is 3.68. The van der Waals surface area contributed by atoms with Crippen LogP contribution in [0.1, 0.15) is 5.56 Å². The Morgan fingerprint density at radius 3 is 2.67 bits per heavy atom. The number of anilines is 1. The van der Waals surface area contributed by atoms with Gasteiger partial charge in [0.25, 0.3) is 0 Å². The standard InChI is InChI=1S/C18H13NO2/c20-17-11-14-6-3-7-16(18(14)19-17)21-15-9-8-12-4-1-2-5-13(12)10-15/h1-10H,11H2,(H,19,20). The summed E-state index contributed by atoms with van der Waals surface area (Å²) in [6.45, 7) is 0. The highest BCUT2D eigenvalue weighted by Crippen LogP contribution is 2.36. The van der Waals surface area contributed by atoms with Crippen molar-refractivity contribution in [3.63, 3.8) is 0 Å². The molecule has 0 aromatic heterocycles. The lowest BCUT2D eigenvalue weighted by Crippen LogP contribution is -2.04. The number of carbonyl (C=O) groups excluding carboxylic acids is 1. The molecule has 3 heteroatoms. The molecule has 1 amide bonds. The molecule has 21 heavy (non-hydrogen) atoms. The average molecular weight is 275 g/mol. The predicted octanol–water partition coefficient (Wildman–Crippen LogP) is 4.13. The van der Waals surface area contributed by atoms with Gasteiger partial charge in [-0.25, -0.2) is 0 Å². The topological polar surface area (TPSA) is 38.3 Å². The summed E-state index contributed by atoms with van der Waals surface area (Å²) in [5, 5.41) is 5.17. The van der Waals surface area contributed by atoms with E-state index in [0.717, 1.165) is 22.4 Å². The minimum Gasteiger partial charge on any atom is -0.455 e. The zero-order valence-corrected chi connectivity index (χ0v) is 11.3. The third kappa shape index (κ3) is 2.13. The summed E-state index contributed by atoms with van der Waals surface area (Å²) >= 11 is 0. The van der Waals surface area contributed by atoms with Crippen LogP contribution in [0.4, 0.5) is 5.69 Å². The quantitative estimate of drug-likeness (QED) is 0.763. The molecule has 0 unspecified atom stereocenters. The maximum atomic E-state index is 11.5. The number of ether oxygens (including phenoxy) is 1. The van der Waals surface area contributed by atoms with Crippen molar-refractivity contribution >= 4 is 22.4 Å².